The van der Waals surface area contributed by atoms with E-state index in [4.69, 9.17) is 14.1 Å². The number of anilines is 1. The predicted molar refractivity (Wildman–Crippen MR) is 105 cm³/mol. The highest BCUT2D eigenvalue weighted by Gasteiger charge is 2.33. The van der Waals surface area contributed by atoms with E-state index in [0.717, 1.165) is 47.5 Å². The van der Waals surface area contributed by atoms with Gasteiger partial charge in [0.25, 0.3) is 0 Å². The number of pyridine rings is 1. The Labute approximate surface area is 158 Å². The van der Waals surface area contributed by atoms with Crippen molar-refractivity contribution in [3.05, 3.63) is 23.1 Å². The summed E-state index contributed by atoms with van der Waals surface area (Å²) >= 11 is 0. The smallest absolute Gasteiger partial charge is 0.229 e. The van der Waals surface area contributed by atoms with Crippen LogP contribution in [0.3, 0.4) is 0 Å². The third-order valence-electron chi connectivity index (χ3n) is 5.79. The zero-order valence-corrected chi connectivity index (χ0v) is 16.5. The molecule has 2 aliphatic rings. The van der Waals surface area contributed by atoms with Crippen molar-refractivity contribution in [1.82, 2.24) is 15.0 Å². The molecule has 142 valence electrons. The Morgan fingerprint density at radius 3 is 2.63 bits per heavy atom. The minimum atomic E-state index is -0.204. The molecule has 27 heavy (non-hydrogen) atoms. The van der Waals surface area contributed by atoms with Crippen molar-refractivity contribution in [3.63, 3.8) is 0 Å². The van der Waals surface area contributed by atoms with Crippen LogP contribution >= 0.6 is 0 Å². The van der Waals surface area contributed by atoms with Crippen molar-refractivity contribution < 1.29 is 9.15 Å². The third kappa shape index (κ3) is 2.61. The van der Waals surface area contributed by atoms with E-state index in [1.54, 1.807) is 6.33 Å². The lowest BCUT2D eigenvalue weighted by Crippen LogP contribution is -2.33. The molecule has 0 aliphatic carbocycles. The van der Waals surface area contributed by atoms with Crippen LogP contribution in [-0.2, 0) is 17.8 Å². The van der Waals surface area contributed by atoms with Crippen LogP contribution in [0.5, 0.6) is 0 Å². The summed E-state index contributed by atoms with van der Waals surface area (Å²) in [6.07, 6.45) is 4.89. The summed E-state index contributed by atoms with van der Waals surface area (Å²) in [5, 5.41) is 1.05. The summed E-state index contributed by atoms with van der Waals surface area (Å²) in [5.41, 5.74) is 5.71. The number of rotatable bonds is 2. The molecule has 0 N–H and O–H groups in total. The second kappa shape index (κ2) is 5.89. The fourth-order valence-corrected chi connectivity index (χ4v) is 4.45. The highest BCUT2D eigenvalue weighted by atomic mass is 16.5. The Hall–Kier alpha value is -2.21. The van der Waals surface area contributed by atoms with Crippen LogP contribution in [0.4, 0.5) is 5.82 Å². The Balaban J connectivity index is 1.83. The maximum absolute atomic E-state index is 6.30. The molecule has 1 fully saturated rings. The summed E-state index contributed by atoms with van der Waals surface area (Å²) < 4.78 is 12.4. The number of nitrogens with zero attached hydrogens (tertiary/aromatic N) is 4. The van der Waals surface area contributed by atoms with Gasteiger partial charge in [0.05, 0.1) is 23.3 Å². The molecule has 3 aromatic rings. The molecule has 0 spiro atoms. The minimum Gasteiger partial charge on any atom is -0.432 e. The molecule has 0 amide bonds. The maximum atomic E-state index is 6.30. The van der Waals surface area contributed by atoms with E-state index in [0.29, 0.717) is 18.2 Å². The SMILES string of the molecule is CC(C)c1nc2oc3c(N4CCCC4)ncnc3c2c2c1COC(C)(C)C2. The molecule has 0 atom stereocenters. The van der Waals surface area contributed by atoms with Crippen LogP contribution in [0.1, 0.15) is 63.3 Å². The third-order valence-corrected chi connectivity index (χ3v) is 5.79. The molecule has 1 saturated heterocycles. The largest absolute Gasteiger partial charge is 0.432 e. The van der Waals surface area contributed by atoms with Crippen molar-refractivity contribution in [2.45, 2.75) is 65.1 Å². The number of aromatic nitrogens is 3. The molecule has 3 aromatic heterocycles. The van der Waals surface area contributed by atoms with E-state index in [9.17, 15) is 0 Å². The zero-order valence-electron chi connectivity index (χ0n) is 16.5. The van der Waals surface area contributed by atoms with Gasteiger partial charge in [0.15, 0.2) is 11.4 Å². The van der Waals surface area contributed by atoms with Gasteiger partial charge in [-0.3, -0.25) is 0 Å². The lowest BCUT2D eigenvalue weighted by atomic mass is 9.87. The number of hydrogen-bond acceptors (Lipinski definition) is 6. The quantitative estimate of drug-likeness (QED) is 0.672. The number of furan rings is 1. The summed E-state index contributed by atoms with van der Waals surface area (Å²) in [6, 6.07) is 0. The fourth-order valence-electron chi connectivity index (χ4n) is 4.45. The second-order valence-corrected chi connectivity index (χ2v) is 8.69. The van der Waals surface area contributed by atoms with Crippen LogP contribution in [0.25, 0.3) is 22.2 Å². The second-order valence-electron chi connectivity index (χ2n) is 8.69. The van der Waals surface area contributed by atoms with Gasteiger partial charge >= 0.3 is 0 Å². The normalized spacial score (nSPS) is 19.4. The minimum absolute atomic E-state index is 0.204. The monoisotopic (exact) mass is 366 g/mol. The summed E-state index contributed by atoms with van der Waals surface area (Å²) in [4.78, 5) is 16.4. The first-order chi connectivity index (χ1) is 12.9. The first kappa shape index (κ1) is 16.9. The van der Waals surface area contributed by atoms with Crippen LogP contribution < -0.4 is 4.90 Å². The van der Waals surface area contributed by atoms with Crippen LogP contribution in [0, 0.1) is 0 Å². The average molecular weight is 366 g/mol. The lowest BCUT2D eigenvalue weighted by molar-refractivity contribution is -0.0402. The summed E-state index contributed by atoms with van der Waals surface area (Å²) in [6.45, 7) is 11.3. The summed E-state index contributed by atoms with van der Waals surface area (Å²) in [5.74, 6) is 1.21. The van der Waals surface area contributed by atoms with Gasteiger partial charge in [-0.1, -0.05) is 13.8 Å². The molecule has 6 heteroatoms. The zero-order chi connectivity index (χ0) is 18.8. The lowest BCUT2D eigenvalue weighted by Gasteiger charge is -2.33. The first-order valence-electron chi connectivity index (χ1n) is 9.92. The van der Waals surface area contributed by atoms with Crippen molar-refractivity contribution in [3.8, 4) is 0 Å². The van der Waals surface area contributed by atoms with Gasteiger partial charge in [0.1, 0.15) is 11.8 Å². The molecule has 0 saturated carbocycles. The molecular weight excluding hydrogens is 340 g/mol. The molecule has 0 unspecified atom stereocenters. The maximum Gasteiger partial charge on any atom is 0.229 e. The Kier molecular flexibility index (Phi) is 3.69. The summed E-state index contributed by atoms with van der Waals surface area (Å²) in [7, 11) is 0. The topological polar surface area (TPSA) is 64.3 Å². The van der Waals surface area contributed by atoms with Crippen molar-refractivity contribution in [2.24, 2.45) is 0 Å². The van der Waals surface area contributed by atoms with E-state index in [-0.39, 0.29) is 5.60 Å². The molecule has 5 rings (SSSR count). The van der Waals surface area contributed by atoms with E-state index in [1.807, 2.05) is 0 Å². The molecule has 2 aliphatic heterocycles. The van der Waals surface area contributed by atoms with E-state index in [1.165, 1.54) is 24.0 Å². The molecule has 0 aromatic carbocycles. The molecule has 6 nitrogen and oxygen atoms in total. The van der Waals surface area contributed by atoms with E-state index < -0.39 is 0 Å². The fraction of sp³-hybridized carbons (Fsp3) is 0.571. The van der Waals surface area contributed by atoms with E-state index >= 15 is 0 Å². The van der Waals surface area contributed by atoms with Crippen LogP contribution in [0.15, 0.2) is 10.7 Å². The molecule has 0 radical (unpaired) electrons. The van der Waals surface area contributed by atoms with Crippen molar-refractivity contribution in [2.75, 3.05) is 18.0 Å². The van der Waals surface area contributed by atoms with Gasteiger partial charge in [-0.2, -0.15) is 0 Å². The first-order valence-corrected chi connectivity index (χ1v) is 9.92. The highest BCUT2D eigenvalue weighted by molar-refractivity contribution is 6.06. The van der Waals surface area contributed by atoms with Gasteiger partial charge in [-0.15, -0.1) is 0 Å². The van der Waals surface area contributed by atoms with Gasteiger partial charge in [-0.25, -0.2) is 15.0 Å². The van der Waals surface area contributed by atoms with Gasteiger partial charge < -0.3 is 14.1 Å². The number of ether oxygens (including phenoxy) is 1. The Morgan fingerprint density at radius 2 is 1.89 bits per heavy atom. The molecule has 0 bridgehead atoms. The standard InChI is InChI=1S/C21H26N4O2/c1-12(2)16-14-10-26-21(3,4)9-13(14)15-17-18(27-20(15)24-16)19(23-11-22-17)25-7-5-6-8-25/h11-12H,5-10H2,1-4H3. The van der Waals surface area contributed by atoms with E-state index in [2.05, 4.69) is 42.6 Å². The van der Waals surface area contributed by atoms with Gasteiger partial charge in [-0.05, 0) is 38.2 Å². The van der Waals surface area contributed by atoms with Gasteiger partial charge in [0.2, 0.25) is 5.71 Å². The van der Waals surface area contributed by atoms with Crippen molar-refractivity contribution in [1.29, 1.82) is 0 Å². The van der Waals surface area contributed by atoms with Crippen LogP contribution in [0.2, 0.25) is 0 Å². The Morgan fingerprint density at radius 1 is 1.11 bits per heavy atom. The van der Waals surface area contributed by atoms with Crippen molar-refractivity contribution >= 4 is 28.0 Å². The molecular formula is C21H26N4O2. The Bertz CT molecular complexity index is 1030. The average Bonchev–Trinajstić information content (AvgIpc) is 3.27. The predicted octanol–water partition coefficient (Wildman–Crippen LogP) is 4.35. The van der Waals surface area contributed by atoms with Gasteiger partial charge in [0, 0.05) is 25.1 Å². The van der Waals surface area contributed by atoms with Crippen LogP contribution in [-0.4, -0.2) is 33.6 Å². The molecule has 5 heterocycles. The number of fused-ring (bicyclic) bond motifs is 5. The highest BCUT2D eigenvalue weighted by Crippen LogP contribution is 2.41. The number of hydrogen-bond donors (Lipinski definition) is 0.